The van der Waals surface area contributed by atoms with Crippen LogP contribution in [0.5, 0.6) is 0 Å². The number of hydrogen-bond acceptors (Lipinski definition) is 2. The van der Waals surface area contributed by atoms with Gasteiger partial charge in [-0.25, -0.2) is 9.37 Å². The van der Waals surface area contributed by atoms with E-state index in [0.29, 0.717) is 12.2 Å². The molecule has 1 fully saturated rings. The molecule has 1 aliphatic rings. The highest BCUT2D eigenvalue weighted by molar-refractivity contribution is 6.25. The third-order valence-corrected chi connectivity index (χ3v) is 3.37. The third kappa shape index (κ3) is 2.17. The van der Waals surface area contributed by atoms with Crippen LogP contribution < -0.4 is 0 Å². The fraction of sp³-hybridized carbons (Fsp3) is 0.333. The minimum atomic E-state index is -1.59. The van der Waals surface area contributed by atoms with Gasteiger partial charge in [-0.3, -0.25) is 4.98 Å². The van der Waals surface area contributed by atoms with Crippen LogP contribution in [-0.2, 0) is 6.42 Å². The van der Waals surface area contributed by atoms with Crippen molar-refractivity contribution in [2.45, 2.75) is 23.9 Å². The molecule has 2 aromatic rings. The number of H-pyrrole nitrogens is 1. The van der Waals surface area contributed by atoms with Gasteiger partial charge in [-0.1, -0.05) is 11.6 Å². The molecule has 1 aliphatic carbocycles. The Kier molecular flexibility index (Phi) is 2.40. The van der Waals surface area contributed by atoms with E-state index in [0.717, 1.165) is 17.7 Å². The molecule has 88 valence electrons. The summed E-state index contributed by atoms with van der Waals surface area (Å²) in [6.45, 7) is 0. The van der Waals surface area contributed by atoms with E-state index in [9.17, 15) is 4.39 Å². The molecule has 3 rings (SSSR count). The Balaban J connectivity index is 1.74. The first-order valence-corrected chi connectivity index (χ1v) is 5.83. The smallest absolute Gasteiger partial charge is 0.194 e. The maximum atomic E-state index is 13.3. The average molecular weight is 252 g/mol. The van der Waals surface area contributed by atoms with Gasteiger partial charge in [-0.05, 0) is 17.7 Å². The molecule has 0 saturated heterocycles. The van der Waals surface area contributed by atoms with Crippen LogP contribution in [-0.4, -0.2) is 20.1 Å². The van der Waals surface area contributed by atoms with Crippen LogP contribution in [0.2, 0.25) is 0 Å². The molecule has 2 heterocycles. The molecular weight excluding hydrogens is 241 g/mol. The molecule has 5 heteroatoms. The predicted molar refractivity (Wildman–Crippen MR) is 62.7 cm³/mol. The number of alkyl halides is 2. The van der Waals surface area contributed by atoms with Crippen molar-refractivity contribution in [3.05, 3.63) is 47.8 Å². The summed E-state index contributed by atoms with van der Waals surface area (Å²) in [5, 5.41) is -1.59. The van der Waals surface area contributed by atoms with Gasteiger partial charge in [0.1, 0.15) is 5.82 Å². The second-order valence-corrected chi connectivity index (χ2v) is 4.97. The van der Waals surface area contributed by atoms with E-state index in [4.69, 9.17) is 11.6 Å². The van der Waals surface area contributed by atoms with Gasteiger partial charge < -0.3 is 4.98 Å². The van der Waals surface area contributed by atoms with Crippen molar-refractivity contribution in [1.82, 2.24) is 15.0 Å². The van der Waals surface area contributed by atoms with Crippen molar-refractivity contribution in [2.75, 3.05) is 0 Å². The molecule has 0 bridgehead atoms. The van der Waals surface area contributed by atoms with Crippen LogP contribution in [0.15, 0.2) is 30.7 Å². The Labute approximate surface area is 103 Å². The van der Waals surface area contributed by atoms with Gasteiger partial charge in [-0.2, -0.15) is 0 Å². The van der Waals surface area contributed by atoms with E-state index in [1.54, 1.807) is 18.6 Å². The maximum absolute atomic E-state index is 13.3. The molecule has 0 aromatic carbocycles. The van der Waals surface area contributed by atoms with Crippen LogP contribution in [0, 0.1) is 0 Å². The summed E-state index contributed by atoms with van der Waals surface area (Å²) < 4.78 is 13.3. The molecule has 1 saturated carbocycles. The zero-order valence-corrected chi connectivity index (χ0v) is 9.78. The lowest BCUT2D eigenvalue weighted by atomic mass is 10.2. The maximum Gasteiger partial charge on any atom is 0.194 e. The van der Waals surface area contributed by atoms with Gasteiger partial charge in [0, 0.05) is 37.1 Å². The zero-order valence-electron chi connectivity index (χ0n) is 9.03. The Morgan fingerprint density at radius 2 is 2.18 bits per heavy atom. The number of hydrogen-bond donors (Lipinski definition) is 1. The number of pyridine rings is 1. The van der Waals surface area contributed by atoms with Crippen molar-refractivity contribution in [3.8, 4) is 0 Å². The topological polar surface area (TPSA) is 41.6 Å². The van der Waals surface area contributed by atoms with Gasteiger partial charge in [0.05, 0.1) is 5.92 Å². The van der Waals surface area contributed by atoms with Crippen molar-refractivity contribution in [3.63, 3.8) is 0 Å². The number of nitrogens with zero attached hydrogens (tertiary/aromatic N) is 2. The lowest BCUT2D eigenvalue weighted by Crippen LogP contribution is -1.94. The van der Waals surface area contributed by atoms with Crippen molar-refractivity contribution < 1.29 is 4.39 Å². The van der Waals surface area contributed by atoms with Gasteiger partial charge >= 0.3 is 0 Å². The van der Waals surface area contributed by atoms with Crippen molar-refractivity contribution >= 4 is 11.6 Å². The Hall–Kier alpha value is -1.42. The minimum Gasteiger partial charge on any atom is -0.345 e. The van der Waals surface area contributed by atoms with E-state index in [1.807, 2.05) is 12.1 Å². The molecule has 3 nitrogen and oxygen atoms in total. The second kappa shape index (κ2) is 3.81. The molecule has 0 aliphatic heterocycles. The monoisotopic (exact) mass is 251 g/mol. The van der Waals surface area contributed by atoms with E-state index in [1.165, 1.54) is 0 Å². The molecule has 0 radical (unpaired) electrons. The van der Waals surface area contributed by atoms with Gasteiger partial charge in [-0.15, -0.1) is 0 Å². The Bertz CT molecular complexity index is 524. The highest BCUT2D eigenvalue weighted by atomic mass is 35.5. The zero-order chi connectivity index (χ0) is 11.9. The van der Waals surface area contributed by atoms with Crippen molar-refractivity contribution in [2.24, 2.45) is 0 Å². The van der Waals surface area contributed by atoms with Crippen LogP contribution in [0.3, 0.4) is 0 Å². The molecular formula is C12H11ClFN3. The third-order valence-electron chi connectivity index (χ3n) is 2.95. The number of halogens is 2. The van der Waals surface area contributed by atoms with Crippen LogP contribution >= 0.6 is 11.6 Å². The van der Waals surface area contributed by atoms with Crippen LogP contribution in [0.1, 0.15) is 29.4 Å². The van der Waals surface area contributed by atoms with E-state index in [-0.39, 0.29) is 5.92 Å². The summed E-state index contributed by atoms with van der Waals surface area (Å²) in [6.07, 6.45) is 6.32. The predicted octanol–water partition coefficient (Wildman–Crippen LogP) is 2.79. The normalized spacial score (nSPS) is 27.1. The first-order chi connectivity index (χ1) is 8.15. The number of aromatic nitrogens is 3. The Morgan fingerprint density at radius 1 is 1.47 bits per heavy atom. The SMILES string of the molecule is F[C@@]1(Cl)C[C@@H]1c1ncc(Cc2ccncc2)[nH]1. The fourth-order valence-corrected chi connectivity index (χ4v) is 2.13. The molecule has 2 aromatic heterocycles. The molecule has 1 N–H and O–H groups in total. The summed E-state index contributed by atoms with van der Waals surface area (Å²) in [7, 11) is 0. The average Bonchev–Trinajstić information content (AvgIpc) is 2.74. The fourth-order valence-electron chi connectivity index (χ4n) is 1.87. The highest BCUT2D eigenvalue weighted by Crippen LogP contribution is 2.56. The minimum absolute atomic E-state index is 0.282. The standard InChI is InChI=1S/C12H11ClFN3/c13-12(14)6-10(12)11-16-7-9(17-11)5-8-1-3-15-4-2-8/h1-4,7,10H,5-6H2,(H,16,17)/t10-,12+/m1/s1. The quantitative estimate of drug-likeness (QED) is 0.853. The summed E-state index contributed by atoms with van der Waals surface area (Å²) in [4.78, 5) is 11.3. The van der Waals surface area contributed by atoms with E-state index in [2.05, 4.69) is 15.0 Å². The van der Waals surface area contributed by atoms with Crippen LogP contribution in [0.4, 0.5) is 4.39 Å². The number of rotatable bonds is 3. The highest BCUT2D eigenvalue weighted by Gasteiger charge is 2.56. The molecule has 2 atom stereocenters. The largest absolute Gasteiger partial charge is 0.345 e. The van der Waals surface area contributed by atoms with Crippen LogP contribution in [0.25, 0.3) is 0 Å². The number of nitrogens with one attached hydrogen (secondary N) is 1. The number of aromatic amines is 1. The first-order valence-electron chi connectivity index (χ1n) is 5.46. The molecule has 0 spiro atoms. The summed E-state index contributed by atoms with van der Waals surface area (Å²) >= 11 is 5.58. The molecule has 0 amide bonds. The first kappa shape index (κ1) is 10.7. The molecule has 17 heavy (non-hydrogen) atoms. The summed E-state index contributed by atoms with van der Waals surface area (Å²) in [5.74, 6) is 0.363. The van der Waals surface area contributed by atoms with E-state index >= 15 is 0 Å². The Morgan fingerprint density at radius 3 is 2.82 bits per heavy atom. The van der Waals surface area contributed by atoms with E-state index < -0.39 is 5.13 Å². The lowest BCUT2D eigenvalue weighted by Gasteiger charge is -1.97. The summed E-state index contributed by atoms with van der Waals surface area (Å²) in [6, 6.07) is 3.89. The second-order valence-electron chi connectivity index (χ2n) is 4.34. The van der Waals surface area contributed by atoms with Crippen molar-refractivity contribution in [1.29, 1.82) is 0 Å². The van der Waals surface area contributed by atoms with Gasteiger partial charge in [0.15, 0.2) is 5.13 Å². The van der Waals surface area contributed by atoms with Gasteiger partial charge in [0.2, 0.25) is 0 Å². The molecule has 0 unspecified atom stereocenters. The lowest BCUT2D eigenvalue weighted by molar-refractivity contribution is 0.414. The number of imidazole rings is 1. The summed E-state index contributed by atoms with van der Waals surface area (Å²) in [5.41, 5.74) is 2.11. The van der Waals surface area contributed by atoms with Gasteiger partial charge in [0.25, 0.3) is 0 Å².